The van der Waals surface area contributed by atoms with Crippen molar-refractivity contribution in [3.8, 4) is 28.6 Å². The molecule has 21 heteroatoms. The number of carbonyl (C=O) groups excluding carboxylic acids is 8. The van der Waals surface area contributed by atoms with Gasteiger partial charge in [0.05, 0.1) is 49.2 Å². The first-order chi connectivity index (χ1) is 31.8. The average molecular weight is 910 g/mol. The maximum atomic E-state index is 13.2. The van der Waals surface area contributed by atoms with Crippen LogP contribution in [-0.4, -0.2) is 140 Å². The minimum atomic E-state index is -1.13. The normalized spacial score (nSPS) is 16.3. The Balaban J connectivity index is 0.743. The second-order valence-electron chi connectivity index (χ2n) is 15.6. The van der Waals surface area contributed by atoms with Gasteiger partial charge in [0, 0.05) is 45.2 Å². The first-order valence-electron chi connectivity index (χ1n) is 21.0. The summed E-state index contributed by atoms with van der Waals surface area (Å²) in [5.41, 5.74) is 2.47. The lowest BCUT2D eigenvalue weighted by Crippen LogP contribution is -2.54. The SMILES string of the molecule is CN(C)C(=O)c1ccc(-c2cc(C(=O)N[C@@H]3CCc4ccc(OCC(=O)NCCOCCOCCNC(=O)COc5cccc6c5C(=O)N(C5CCC(=O)NC5=O)C6=O)cc43)no2)cc1O. The standard InChI is InChI=1S/C45H47N7O14/c1-51(2)43(59)28-10-7-26(20-34(28)53)36-22-32(50-66-36)41(57)48-31-11-8-25-6-9-27(21-30(25)31)64-23-38(55)46-14-16-62-18-19-63-17-15-47-39(56)24-65-35-5-3-4-29-40(35)45(61)52(44(29)60)33-12-13-37(54)49-42(33)58/h3-7,9-10,20-22,31,33,53H,8,11-19,23-24H2,1-2H3,(H,46,55)(H,47,56)(H,48,57)(H,49,54,58)/t31-,33?/m1/s1. The monoisotopic (exact) mass is 909 g/mol. The topological polar surface area (TPSA) is 274 Å². The van der Waals surface area contributed by atoms with Crippen LogP contribution < -0.4 is 30.7 Å². The third-order valence-corrected chi connectivity index (χ3v) is 10.8. The summed E-state index contributed by atoms with van der Waals surface area (Å²) in [7, 11) is 3.16. The van der Waals surface area contributed by atoms with Crippen LogP contribution in [0.1, 0.15) is 78.0 Å². The number of aromatic hydroxyl groups is 1. The number of ether oxygens (including phenoxy) is 4. The number of aromatic nitrogens is 1. The van der Waals surface area contributed by atoms with E-state index in [0.717, 1.165) is 22.4 Å². The van der Waals surface area contributed by atoms with Crippen LogP contribution in [0.4, 0.5) is 0 Å². The Bertz CT molecular complexity index is 2560. The molecule has 3 aliphatic rings. The first kappa shape index (κ1) is 46.3. The number of fused-ring (bicyclic) bond motifs is 2. The number of piperidine rings is 1. The smallest absolute Gasteiger partial charge is 0.273 e. The summed E-state index contributed by atoms with van der Waals surface area (Å²) in [4.78, 5) is 103. The van der Waals surface area contributed by atoms with Gasteiger partial charge < -0.3 is 49.4 Å². The largest absolute Gasteiger partial charge is 0.507 e. The Morgan fingerprint density at radius 1 is 0.848 bits per heavy atom. The molecule has 1 unspecified atom stereocenters. The average Bonchev–Trinajstić information content (AvgIpc) is 4.02. The van der Waals surface area contributed by atoms with Gasteiger partial charge in [0.15, 0.2) is 24.7 Å². The molecule has 0 radical (unpaired) electrons. The van der Waals surface area contributed by atoms with Crippen LogP contribution in [0.3, 0.4) is 0 Å². The highest BCUT2D eigenvalue weighted by Crippen LogP contribution is 2.36. The number of phenolic OH excluding ortho intramolecular Hbond substituents is 1. The number of benzene rings is 3. The van der Waals surface area contributed by atoms with Crippen LogP contribution in [0, 0.1) is 0 Å². The molecule has 1 saturated heterocycles. The van der Waals surface area contributed by atoms with Gasteiger partial charge in [-0.15, -0.1) is 0 Å². The summed E-state index contributed by atoms with van der Waals surface area (Å²) in [5.74, 6) is -3.85. The van der Waals surface area contributed by atoms with Crippen molar-refractivity contribution < 1.29 is 66.9 Å². The molecule has 3 heterocycles. The van der Waals surface area contributed by atoms with Crippen molar-refractivity contribution in [2.75, 3.05) is 66.8 Å². The van der Waals surface area contributed by atoms with Crippen molar-refractivity contribution in [2.45, 2.75) is 37.8 Å². The van der Waals surface area contributed by atoms with Crippen LogP contribution >= 0.6 is 0 Å². The molecule has 5 N–H and O–H groups in total. The van der Waals surface area contributed by atoms with Crippen LogP contribution in [0.5, 0.6) is 17.2 Å². The van der Waals surface area contributed by atoms with E-state index in [1.807, 2.05) is 6.07 Å². The molecule has 7 rings (SSSR count). The second-order valence-corrected chi connectivity index (χ2v) is 15.6. The molecule has 1 aromatic heterocycles. The highest BCUT2D eigenvalue weighted by atomic mass is 16.5. The molecule has 4 aromatic rings. The van der Waals surface area contributed by atoms with E-state index in [0.29, 0.717) is 17.7 Å². The predicted molar refractivity (Wildman–Crippen MR) is 228 cm³/mol. The molecule has 8 amide bonds. The molecular weight excluding hydrogens is 863 g/mol. The number of hydrogen-bond acceptors (Lipinski definition) is 15. The molecule has 2 aliphatic heterocycles. The first-order valence-corrected chi connectivity index (χ1v) is 21.0. The molecule has 346 valence electrons. The maximum Gasteiger partial charge on any atom is 0.273 e. The van der Waals surface area contributed by atoms with Gasteiger partial charge in [-0.2, -0.15) is 0 Å². The van der Waals surface area contributed by atoms with E-state index in [1.165, 1.54) is 41.3 Å². The van der Waals surface area contributed by atoms with E-state index in [9.17, 15) is 43.5 Å². The molecule has 1 fully saturated rings. The molecule has 0 bridgehead atoms. The molecule has 3 aromatic carbocycles. The minimum Gasteiger partial charge on any atom is -0.507 e. The van der Waals surface area contributed by atoms with Crippen molar-refractivity contribution in [2.24, 2.45) is 0 Å². The fourth-order valence-corrected chi connectivity index (χ4v) is 7.52. The molecular formula is C45H47N7O14. The number of phenols is 1. The van der Waals surface area contributed by atoms with Gasteiger partial charge in [-0.05, 0) is 66.8 Å². The summed E-state index contributed by atoms with van der Waals surface area (Å²) < 4.78 is 27.6. The predicted octanol–water partition coefficient (Wildman–Crippen LogP) is 1.29. The van der Waals surface area contributed by atoms with Gasteiger partial charge in [-0.25, -0.2) is 0 Å². The molecule has 21 nitrogen and oxygen atoms in total. The van der Waals surface area contributed by atoms with E-state index in [4.69, 9.17) is 23.5 Å². The Morgan fingerprint density at radius 3 is 2.27 bits per heavy atom. The highest BCUT2D eigenvalue weighted by molar-refractivity contribution is 6.24. The zero-order valence-corrected chi connectivity index (χ0v) is 36.0. The molecule has 2 atom stereocenters. The van der Waals surface area contributed by atoms with Crippen molar-refractivity contribution >= 4 is 47.3 Å². The Morgan fingerprint density at radius 2 is 1.58 bits per heavy atom. The fourth-order valence-electron chi connectivity index (χ4n) is 7.52. The number of imide groups is 2. The van der Waals surface area contributed by atoms with Gasteiger partial charge >= 0.3 is 0 Å². The zero-order chi connectivity index (χ0) is 46.9. The lowest BCUT2D eigenvalue weighted by atomic mass is 10.0. The summed E-state index contributed by atoms with van der Waals surface area (Å²) in [6.45, 7) is 0.519. The highest BCUT2D eigenvalue weighted by Gasteiger charge is 2.46. The molecule has 0 spiro atoms. The number of hydrogen-bond donors (Lipinski definition) is 5. The number of nitrogens with one attached hydrogen (secondary N) is 4. The number of rotatable bonds is 20. The summed E-state index contributed by atoms with van der Waals surface area (Å²) in [5, 5.41) is 24.7. The third kappa shape index (κ3) is 10.8. The Labute approximate surface area is 377 Å². The van der Waals surface area contributed by atoms with Crippen LogP contribution in [0.2, 0.25) is 0 Å². The molecule has 1 aliphatic carbocycles. The summed E-state index contributed by atoms with van der Waals surface area (Å²) in [6, 6.07) is 14.2. The van der Waals surface area contributed by atoms with Gasteiger partial charge in [0.1, 0.15) is 23.3 Å². The molecule has 0 saturated carbocycles. The number of amides is 8. The van der Waals surface area contributed by atoms with E-state index < -0.39 is 48.1 Å². The van der Waals surface area contributed by atoms with Gasteiger partial charge in [0.2, 0.25) is 11.8 Å². The van der Waals surface area contributed by atoms with E-state index in [2.05, 4.69) is 26.4 Å². The van der Waals surface area contributed by atoms with Crippen molar-refractivity contribution in [1.29, 1.82) is 0 Å². The summed E-state index contributed by atoms with van der Waals surface area (Å²) in [6.07, 6.45) is 1.37. The van der Waals surface area contributed by atoms with E-state index in [-0.39, 0.29) is 116 Å². The fraction of sp³-hybridized carbons (Fsp3) is 0.356. The van der Waals surface area contributed by atoms with Crippen molar-refractivity contribution in [3.63, 3.8) is 0 Å². The van der Waals surface area contributed by atoms with Gasteiger partial charge in [0.25, 0.3) is 35.4 Å². The van der Waals surface area contributed by atoms with Crippen molar-refractivity contribution in [1.82, 2.24) is 36.2 Å². The number of nitrogens with zero attached hydrogens (tertiary/aromatic N) is 3. The van der Waals surface area contributed by atoms with Gasteiger partial charge in [-0.1, -0.05) is 23.4 Å². The Kier molecular flexibility index (Phi) is 14.7. The van der Waals surface area contributed by atoms with E-state index >= 15 is 0 Å². The quantitative estimate of drug-likeness (QED) is 0.0618. The number of aryl methyl sites for hydroxylation is 1. The second kappa shape index (κ2) is 20.9. The third-order valence-electron chi connectivity index (χ3n) is 10.8. The maximum absolute atomic E-state index is 13.2. The van der Waals surface area contributed by atoms with Crippen LogP contribution in [-0.2, 0) is 35.1 Å². The summed E-state index contributed by atoms with van der Waals surface area (Å²) >= 11 is 0. The van der Waals surface area contributed by atoms with Crippen LogP contribution in [0.15, 0.2) is 65.2 Å². The lowest BCUT2D eigenvalue weighted by Gasteiger charge is -2.27. The minimum absolute atomic E-state index is 0.0107. The Hall–Kier alpha value is -7.65. The van der Waals surface area contributed by atoms with E-state index in [1.54, 1.807) is 32.3 Å². The zero-order valence-electron chi connectivity index (χ0n) is 36.0. The molecule has 66 heavy (non-hydrogen) atoms. The number of carbonyl (C=O) groups is 8. The van der Waals surface area contributed by atoms with Gasteiger partial charge in [-0.3, -0.25) is 48.6 Å². The van der Waals surface area contributed by atoms with Crippen LogP contribution in [0.25, 0.3) is 11.3 Å². The lowest BCUT2D eigenvalue weighted by molar-refractivity contribution is -0.136. The van der Waals surface area contributed by atoms with Crippen molar-refractivity contribution in [3.05, 3.63) is 94.2 Å².